The van der Waals surface area contributed by atoms with E-state index in [0.29, 0.717) is 13.2 Å². The van der Waals surface area contributed by atoms with Crippen molar-refractivity contribution < 1.29 is 9.47 Å². The topological polar surface area (TPSA) is 55.5 Å². The Morgan fingerprint density at radius 1 is 0.947 bits per heavy atom. The smallest absolute Gasteiger partial charge is 0.321 e. The highest BCUT2D eigenvalue weighted by molar-refractivity contribution is 5.92. The largest absolute Gasteiger partial charge is 0.459 e. The van der Waals surface area contributed by atoms with Crippen molar-refractivity contribution in [3.8, 4) is 0 Å². The summed E-state index contributed by atoms with van der Waals surface area (Å²) in [7, 11) is 1.58. The molecule has 0 N–H and O–H groups in total. The molecule has 0 saturated heterocycles. The number of allylic oxidation sites excluding steroid dienone is 1. The minimum Gasteiger partial charge on any atom is -0.459 e. The molecule has 0 aliphatic rings. The Kier molecular flexibility index (Phi) is 10.9. The van der Waals surface area contributed by atoms with E-state index in [9.17, 15) is 0 Å². The summed E-state index contributed by atoms with van der Waals surface area (Å²) in [6, 6.07) is 0.383. The number of hydrogen-bond donors (Lipinski definition) is 0. The van der Waals surface area contributed by atoms with Crippen molar-refractivity contribution in [1.82, 2.24) is 0 Å². The summed E-state index contributed by atoms with van der Waals surface area (Å²) in [5.74, 6) is 0. The Hall–Kier alpha value is -2.17. The fraction of sp³-hybridized carbons (Fsp3) is 0.357. The van der Waals surface area contributed by atoms with Gasteiger partial charge in [-0.2, -0.15) is 0 Å². The summed E-state index contributed by atoms with van der Waals surface area (Å²) in [6.45, 7) is 11.4. The zero-order valence-corrected chi connectivity index (χ0v) is 11.4. The molecule has 0 aliphatic heterocycles. The minimum atomic E-state index is 0.189. The quantitative estimate of drug-likeness (QED) is 0.307. The zero-order valence-electron chi connectivity index (χ0n) is 11.4. The molecule has 0 saturated carbocycles. The van der Waals surface area contributed by atoms with Gasteiger partial charge in [-0.15, -0.1) is 11.6 Å². The summed E-state index contributed by atoms with van der Waals surface area (Å²) in [5, 5.41) is 0. The molecular formula is C14H21N3O2. The maximum atomic E-state index is 5.31. The lowest BCUT2D eigenvalue weighted by Crippen LogP contribution is -2.09. The van der Waals surface area contributed by atoms with Gasteiger partial charge in [0.15, 0.2) is 0 Å². The monoisotopic (exact) mass is 263 g/mol. The molecule has 19 heavy (non-hydrogen) atoms. The fourth-order valence-electron chi connectivity index (χ4n) is 0.929. The van der Waals surface area contributed by atoms with E-state index in [4.69, 9.17) is 9.47 Å². The number of aliphatic imine (C=N–C) groups is 3. The summed E-state index contributed by atoms with van der Waals surface area (Å²) in [5.41, 5.74) is 0. The summed E-state index contributed by atoms with van der Waals surface area (Å²) < 4.78 is 10.5. The van der Waals surface area contributed by atoms with Crippen molar-refractivity contribution >= 4 is 18.3 Å². The molecule has 0 aliphatic carbocycles. The van der Waals surface area contributed by atoms with Gasteiger partial charge < -0.3 is 9.47 Å². The van der Waals surface area contributed by atoms with Crippen molar-refractivity contribution in [3.63, 3.8) is 0 Å². The zero-order chi connectivity index (χ0) is 14.3. The van der Waals surface area contributed by atoms with Crippen molar-refractivity contribution in [1.29, 1.82) is 0 Å². The van der Waals surface area contributed by atoms with Crippen LogP contribution in [-0.4, -0.2) is 38.5 Å². The standard InChI is InChI=1S/C14H21N3O2/c1-5-8-9-10-16-14(19-12-7-3)17-13(15-4)18-11-6-2/h5-7,10H,1-3,8-9,11-12H2,4H3/b15-13+,16-10+,17-14+. The molecule has 0 aromatic heterocycles. The van der Waals surface area contributed by atoms with Crippen molar-refractivity contribution in [2.45, 2.75) is 12.8 Å². The maximum absolute atomic E-state index is 5.31. The molecule has 0 heterocycles. The number of hydrogen-bond acceptors (Lipinski definition) is 3. The van der Waals surface area contributed by atoms with Crippen molar-refractivity contribution in [2.24, 2.45) is 15.0 Å². The van der Waals surface area contributed by atoms with Gasteiger partial charge in [0, 0.05) is 13.3 Å². The van der Waals surface area contributed by atoms with Crippen LogP contribution in [0.5, 0.6) is 0 Å². The molecule has 0 bridgehead atoms. The second-order valence-corrected chi connectivity index (χ2v) is 3.28. The van der Waals surface area contributed by atoms with E-state index in [1.807, 2.05) is 6.08 Å². The van der Waals surface area contributed by atoms with E-state index in [0.717, 1.165) is 12.8 Å². The number of rotatable bonds is 7. The van der Waals surface area contributed by atoms with E-state index in [2.05, 4.69) is 34.7 Å². The highest BCUT2D eigenvalue weighted by atomic mass is 16.5. The van der Waals surface area contributed by atoms with Gasteiger partial charge in [0.2, 0.25) is 0 Å². The first-order valence-corrected chi connectivity index (χ1v) is 5.94. The Morgan fingerprint density at radius 3 is 2.11 bits per heavy atom. The second kappa shape index (κ2) is 12.3. The lowest BCUT2D eigenvalue weighted by molar-refractivity contribution is 0.329. The Bertz CT molecular complexity index is 371. The minimum absolute atomic E-state index is 0.189. The van der Waals surface area contributed by atoms with Crippen molar-refractivity contribution in [2.75, 3.05) is 20.3 Å². The van der Waals surface area contributed by atoms with Gasteiger partial charge in [-0.1, -0.05) is 31.4 Å². The van der Waals surface area contributed by atoms with E-state index in [1.54, 1.807) is 25.4 Å². The molecule has 0 atom stereocenters. The summed E-state index contributed by atoms with van der Waals surface area (Å²) in [6.07, 6.45) is 8.37. The number of nitrogens with zero attached hydrogens (tertiary/aromatic N) is 3. The third-order valence-electron chi connectivity index (χ3n) is 1.74. The first kappa shape index (κ1) is 16.8. The van der Waals surface area contributed by atoms with E-state index in [1.165, 1.54) is 0 Å². The second-order valence-electron chi connectivity index (χ2n) is 3.28. The van der Waals surface area contributed by atoms with Crippen LogP contribution in [0.4, 0.5) is 0 Å². The van der Waals surface area contributed by atoms with Gasteiger partial charge in [0.25, 0.3) is 0 Å². The number of ether oxygens (including phenoxy) is 2. The van der Waals surface area contributed by atoms with Gasteiger partial charge in [0.05, 0.1) is 0 Å². The number of unbranched alkanes of at least 4 members (excludes halogenated alkanes) is 1. The van der Waals surface area contributed by atoms with Gasteiger partial charge in [-0.05, 0) is 12.8 Å². The Balaban J connectivity index is 4.67. The molecule has 0 unspecified atom stereocenters. The molecule has 104 valence electrons. The van der Waals surface area contributed by atoms with Crippen LogP contribution in [0.1, 0.15) is 12.8 Å². The van der Waals surface area contributed by atoms with Crippen LogP contribution in [0.25, 0.3) is 0 Å². The lowest BCUT2D eigenvalue weighted by atomic mass is 10.3. The van der Waals surface area contributed by atoms with E-state index >= 15 is 0 Å². The molecular weight excluding hydrogens is 242 g/mol. The SMILES string of the molecule is C=CCC/C=N/C(=N\C(=N/C)OCC=C)OCC=C. The van der Waals surface area contributed by atoms with Crippen LogP contribution >= 0.6 is 0 Å². The molecule has 0 spiro atoms. The average Bonchev–Trinajstić information content (AvgIpc) is 2.44. The van der Waals surface area contributed by atoms with E-state index < -0.39 is 0 Å². The molecule has 0 radical (unpaired) electrons. The molecule has 0 fully saturated rings. The fourth-order valence-corrected chi connectivity index (χ4v) is 0.929. The van der Waals surface area contributed by atoms with Crippen LogP contribution in [0.3, 0.4) is 0 Å². The van der Waals surface area contributed by atoms with Gasteiger partial charge >= 0.3 is 12.0 Å². The van der Waals surface area contributed by atoms with Crippen LogP contribution in [0.2, 0.25) is 0 Å². The van der Waals surface area contributed by atoms with Crippen LogP contribution < -0.4 is 0 Å². The van der Waals surface area contributed by atoms with Gasteiger partial charge in [0.1, 0.15) is 13.2 Å². The predicted molar refractivity (Wildman–Crippen MR) is 81.0 cm³/mol. The molecule has 0 rings (SSSR count). The van der Waals surface area contributed by atoms with Crippen LogP contribution in [0, 0.1) is 0 Å². The highest BCUT2D eigenvalue weighted by Crippen LogP contribution is 1.93. The average molecular weight is 263 g/mol. The third kappa shape index (κ3) is 9.52. The first-order valence-electron chi connectivity index (χ1n) is 5.94. The van der Waals surface area contributed by atoms with Crippen LogP contribution in [-0.2, 0) is 9.47 Å². The van der Waals surface area contributed by atoms with Gasteiger partial charge in [-0.3, -0.25) is 0 Å². The van der Waals surface area contributed by atoms with Gasteiger partial charge in [-0.25, -0.2) is 9.98 Å². The number of amidine groups is 2. The molecule has 0 aromatic carbocycles. The molecule has 0 amide bonds. The summed E-state index contributed by atoms with van der Waals surface area (Å²) >= 11 is 0. The normalized spacial score (nSPS) is 12.3. The summed E-state index contributed by atoms with van der Waals surface area (Å²) in [4.78, 5) is 12.1. The molecule has 5 nitrogen and oxygen atoms in total. The molecule has 0 aromatic rings. The predicted octanol–water partition coefficient (Wildman–Crippen LogP) is 2.77. The van der Waals surface area contributed by atoms with E-state index in [-0.39, 0.29) is 12.0 Å². The Labute approximate surface area is 114 Å². The van der Waals surface area contributed by atoms with Crippen molar-refractivity contribution in [3.05, 3.63) is 38.0 Å². The first-order chi connectivity index (χ1) is 9.28. The Morgan fingerprint density at radius 2 is 1.58 bits per heavy atom. The maximum Gasteiger partial charge on any atom is 0.321 e. The highest BCUT2D eigenvalue weighted by Gasteiger charge is 2.01. The van der Waals surface area contributed by atoms with Crippen LogP contribution in [0.15, 0.2) is 52.9 Å². The molecule has 5 heteroatoms. The third-order valence-corrected chi connectivity index (χ3v) is 1.74. The lowest BCUT2D eigenvalue weighted by Gasteiger charge is -2.04.